The fraction of sp³-hybridized carbons (Fsp3) is 0.200. The first kappa shape index (κ1) is 21.9. The van der Waals surface area contributed by atoms with Crippen molar-refractivity contribution in [2.24, 2.45) is 0 Å². The number of ether oxygens (including phenoxy) is 1. The molecule has 0 unspecified atom stereocenters. The molecule has 32 heavy (non-hydrogen) atoms. The minimum absolute atomic E-state index is 0.0483. The molecule has 0 saturated heterocycles. The maximum atomic E-state index is 12.6. The molecule has 0 radical (unpaired) electrons. The van der Waals surface area contributed by atoms with Crippen LogP contribution in [0.1, 0.15) is 43.8 Å². The Bertz CT molecular complexity index is 1250. The first-order valence-electron chi connectivity index (χ1n) is 10.4. The third-order valence-electron chi connectivity index (χ3n) is 5.44. The lowest BCUT2D eigenvalue weighted by Crippen LogP contribution is -2.23. The lowest BCUT2D eigenvalue weighted by molar-refractivity contribution is 0.0474. The standard InChI is InChI=1S/C25H23NO5S/c27-24(21-13-12-19-8-4-9-20(19)14-21)17-31-25(28)22-10-5-11-23(15-22)32(29,30)26-16-18-6-2-1-3-7-18/h1-3,5-7,10-15,26H,4,8-9,16-17H2. The first-order chi connectivity index (χ1) is 15.4. The third kappa shape index (κ3) is 5.12. The quantitative estimate of drug-likeness (QED) is 0.418. The van der Waals surface area contributed by atoms with Gasteiger partial charge in [-0.3, -0.25) is 4.79 Å². The molecule has 0 spiro atoms. The summed E-state index contributed by atoms with van der Waals surface area (Å²) in [7, 11) is -3.82. The third-order valence-corrected chi connectivity index (χ3v) is 6.84. The molecular formula is C25H23NO5S. The van der Waals surface area contributed by atoms with Crippen molar-refractivity contribution in [3.8, 4) is 0 Å². The van der Waals surface area contributed by atoms with Crippen molar-refractivity contribution in [2.75, 3.05) is 6.61 Å². The van der Waals surface area contributed by atoms with E-state index < -0.39 is 22.6 Å². The average Bonchev–Trinajstić information content (AvgIpc) is 3.30. The summed E-state index contributed by atoms with van der Waals surface area (Å²) in [6.07, 6.45) is 3.06. The maximum absolute atomic E-state index is 12.6. The van der Waals surface area contributed by atoms with E-state index in [1.807, 2.05) is 42.5 Å². The Hall–Kier alpha value is -3.29. The van der Waals surface area contributed by atoms with Crippen LogP contribution in [0.5, 0.6) is 0 Å². The summed E-state index contributed by atoms with van der Waals surface area (Å²) in [6.45, 7) is -0.270. The fourth-order valence-electron chi connectivity index (χ4n) is 3.69. The minimum Gasteiger partial charge on any atom is -0.454 e. The summed E-state index contributed by atoms with van der Waals surface area (Å²) in [4.78, 5) is 24.8. The Labute approximate surface area is 187 Å². The molecule has 1 aliphatic carbocycles. The number of nitrogens with one attached hydrogen (secondary N) is 1. The van der Waals surface area contributed by atoms with Crippen LogP contribution >= 0.6 is 0 Å². The van der Waals surface area contributed by atoms with Crippen molar-refractivity contribution < 1.29 is 22.7 Å². The zero-order valence-electron chi connectivity index (χ0n) is 17.4. The molecular weight excluding hydrogens is 426 g/mol. The predicted molar refractivity (Wildman–Crippen MR) is 120 cm³/mol. The predicted octanol–water partition coefficient (Wildman–Crippen LogP) is 3.69. The van der Waals surface area contributed by atoms with Gasteiger partial charge in [0.1, 0.15) is 0 Å². The highest BCUT2D eigenvalue weighted by Gasteiger charge is 2.19. The Balaban J connectivity index is 1.39. The van der Waals surface area contributed by atoms with Crippen LogP contribution in [0, 0.1) is 0 Å². The van der Waals surface area contributed by atoms with E-state index in [1.165, 1.54) is 35.4 Å². The minimum atomic E-state index is -3.82. The number of ketones is 1. The van der Waals surface area contributed by atoms with Crippen LogP contribution < -0.4 is 4.72 Å². The van der Waals surface area contributed by atoms with Crippen LogP contribution in [-0.2, 0) is 34.1 Å². The number of sulfonamides is 1. The SMILES string of the molecule is O=C(COC(=O)c1cccc(S(=O)(=O)NCc2ccccc2)c1)c1ccc2c(c1)CCC2. The summed E-state index contributed by atoms with van der Waals surface area (Å²) in [5.41, 5.74) is 3.83. The Kier molecular flexibility index (Phi) is 6.48. The molecule has 0 aliphatic heterocycles. The number of carbonyl (C=O) groups excluding carboxylic acids is 2. The van der Waals surface area contributed by atoms with Gasteiger partial charge in [-0.25, -0.2) is 17.9 Å². The molecule has 0 amide bonds. The van der Waals surface area contributed by atoms with Gasteiger partial charge in [0.15, 0.2) is 12.4 Å². The van der Waals surface area contributed by atoms with Gasteiger partial charge in [0.2, 0.25) is 10.0 Å². The van der Waals surface area contributed by atoms with Crippen LogP contribution in [0.25, 0.3) is 0 Å². The molecule has 3 aromatic carbocycles. The van der Waals surface area contributed by atoms with Gasteiger partial charge in [0.25, 0.3) is 0 Å². The Morgan fingerprint density at radius 1 is 0.844 bits per heavy atom. The van der Waals surface area contributed by atoms with E-state index in [0.29, 0.717) is 5.56 Å². The van der Waals surface area contributed by atoms with Crippen LogP contribution in [0.15, 0.2) is 77.7 Å². The van der Waals surface area contributed by atoms with Crippen LogP contribution in [-0.4, -0.2) is 26.8 Å². The number of hydrogen-bond donors (Lipinski definition) is 1. The number of fused-ring (bicyclic) bond motifs is 1. The number of benzene rings is 3. The van der Waals surface area contributed by atoms with Crippen molar-refractivity contribution in [3.05, 3.63) is 101 Å². The van der Waals surface area contributed by atoms with E-state index in [9.17, 15) is 18.0 Å². The number of Topliss-reactive ketones (excluding diaryl/α,β-unsaturated/α-hetero) is 1. The normalized spacial score (nSPS) is 12.9. The molecule has 164 valence electrons. The van der Waals surface area contributed by atoms with Crippen LogP contribution in [0.3, 0.4) is 0 Å². The molecule has 0 fully saturated rings. The van der Waals surface area contributed by atoms with E-state index in [4.69, 9.17) is 4.74 Å². The van der Waals surface area contributed by atoms with E-state index in [-0.39, 0.29) is 22.8 Å². The lowest BCUT2D eigenvalue weighted by Gasteiger charge is -2.09. The highest BCUT2D eigenvalue weighted by molar-refractivity contribution is 7.89. The van der Waals surface area contributed by atoms with E-state index >= 15 is 0 Å². The molecule has 0 heterocycles. The molecule has 0 atom stereocenters. The van der Waals surface area contributed by atoms with E-state index in [0.717, 1.165) is 24.8 Å². The van der Waals surface area contributed by atoms with Gasteiger partial charge >= 0.3 is 5.97 Å². The van der Waals surface area contributed by atoms with Gasteiger partial charge in [-0.05, 0) is 60.2 Å². The second kappa shape index (κ2) is 9.46. The number of aryl methyl sites for hydroxylation is 2. The van der Waals surface area contributed by atoms with Crippen LogP contribution in [0.4, 0.5) is 0 Å². The van der Waals surface area contributed by atoms with Gasteiger partial charge in [-0.1, -0.05) is 48.5 Å². The number of rotatable bonds is 8. The molecule has 1 N–H and O–H groups in total. The molecule has 3 aromatic rings. The summed E-state index contributed by atoms with van der Waals surface area (Å²) in [6, 6.07) is 20.3. The van der Waals surface area contributed by atoms with Crippen molar-refractivity contribution in [1.29, 1.82) is 0 Å². The van der Waals surface area contributed by atoms with Gasteiger partial charge in [-0.15, -0.1) is 0 Å². The van der Waals surface area contributed by atoms with Crippen molar-refractivity contribution >= 4 is 21.8 Å². The molecule has 0 saturated carbocycles. The number of hydrogen-bond acceptors (Lipinski definition) is 5. The average molecular weight is 450 g/mol. The molecule has 7 heteroatoms. The largest absolute Gasteiger partial charge is 0.454 e. The van der Waals surface area contributed by atoms with Crippen molar-refractivity contribution in [1.82, 2.24) is 4.72 Å². The van der Waals surface area contributed by atoms with Crippen molar-refractivity contribution in [2.45, 2.75) is 30.7 Å². The summed E-state index contributed by atoms with van der Waals surface area (Å²) in [5, 5.41) is 0. The zero-order valence-corrected chi connectivity index (χ0v) is 18.2. The second-order valence-corrected chi connectivity index (χ2v) is 9.44. The Morgan fingerprint density at radius 2 is 1.62 bits per heavy atom. The second-order valence-electron chi connectivity index (χ2n) is 7.67. The Morgan fingerprint density at radius 3 is 2.44 bits per heavy atom. The van der Waals surface area contributed by atoms with Gasteiger partial charge in [0, 0.05) is 12.1 Å². The highest BCUT2D eigenvalue weighted by atomic mass is 32.2. The number of esters is 1. The fourth-order valence-corrected chi connectivity index (χ4v) is 4.75. The van der Waals surface area contributed by atoms with E-state index in [1.54, 1.807) is 6.07 Å². The number of carbonyl (C=O) groups is 2. The topological polar surface area (TPSA) is 89.5 Å². The smallest absolute Gasteiger partial charge is 0.338 e. The molecule has 4 rings (SSSR count). The molecule has 1 aliphatic rings. The van der Waals surface area contributed by atoms with Gasteiger partial charge in [0.05, 0.1) is 10.5 Å². The first-order valence-corrected chi connectivity index (χ1v) is 11.9. The highest BCUT2D eigenvalue weighted by Crippen LogP contribution is 2.23. The van der Waals surface area contributed by atoms with Crippen molar-refractivity contribution in [3.63, 3.8) is 0 Å². The monoisotopic (exact) mass is 449 g/mol. The maximum Gasteiger partial charge on any atom is 0.338 e. The molecule has 0 bridgehead atoms. The van der Waals surface area contributed by atoms with Gasteiger partial charge < -0.3 is 4.74 Å². The summed E-state index contributed by atoms with van der Waals surface area (Å²) >= 11 is 0. The van der Waals surface area contributed by atoms with Crippen LogP contribution in [0.2, 0.25) is 0 Å². The zero-order chi connectivity index (χ0) is 22.6. The van der Waals surface area contributed by atoms with Gasteiger partial charge in [-0.2, -0.15) is 0 Å². The van der Waals surface area contributed by atoms with E-state index in [2.05, 4.69) is 4.72 Å². The molecule has 6 nitrogen and oxygen atoms in total. The summed E-state index contributed by atoms with van der Waals surface area (Å²) in [5.74, 6) is -1.04. The molecule has 0 aromatic heterocycles. The summed E-state index contributed by atoms with van der Waals surface area (Å²) < 4.78 is 32.9. The lowest BCUT2D eigenvalue weighted by atomic mass is 10.0.